The molecule has 0 aliphatic carbocycles. The van der Waals surface area contributed by atoms with E-state index in [1.54, 1.807) is 6.07 Å². The Labute approximate surface area is 127 Å². The smallest absolute Gasteiger partial charge is 0.298 e. The second kappa shape index (κ2) is 5.84. The van der Waals surface area contributed by atoms with Gasteiger partial charge in [-0.05, 0) is 24.5 Å². The number of nitrogen functional groups attached to an aromatic ring is 2. The molecule has 0 unspecified atom stereocenters. The summed E-state index contributed by atoms with van der Waals surface area (Å²) < 4.78 is 5.78. The molecule has 8 nitrogen and oxygen atoms in total. The Kier molecular flexibility index (Phi) is 4.11. The van der Waals surface area contributed by atoms with Crippen molar-refractivity contribution in [3.05, 3.63) is 34.4 Å². The summed E-state index contributed by atoms with van der Waals surface area (Å²) in [4.78, 5) is 19.4. The Morgan fingerprint density at radius 1 is 1.23 bits per heavy atom. The number of nitroso groups, excluding NO2 is 1. The van der Waals surface area contributed by atoms with E-state index >= 15 is 0 Å². The third-order valence-electron chi connectivity index (χ3n) is 3.21. The van der Waals surface area contributed by atoms with Crippen LogP contribution in [0.3, 0.4) is 0 Å². The van der Waals surface area contributed by atoms with Gasteiger partial charge in [-0.2, -0.15) is 10.8 Å². The Bertz CT molecular complexity index is 730. The molecule has 0 amide bonds. The summed E-state index contributed by atoms with van der Waals surface area (Å²) in [6, 6.07) is 3.44. The highest BCUT2D eigenvalue weighted by Crippen LogP contribution is 2.36. The molecular formula is C14H19N6O2+. The Balaban J connectivity index is 2.52. The van der Waals surface area contributed by atoms with Gasteiger partial charge in [0, 0.05) is 5.56 Å². The predicted octanol–water partition coefficient (Wildman–Crippen LogP) is 2.15. The minimum atomic E-state index is 0.0613. The van der Waals surface area contributed by atoms with Gasteiger partial charge in [-0.15, -0.1) is 0 Å². The van der Waals surface area contributed by atoms with Crippen molar-refractivity contribution in [1.82, 2.24) is 9.97 Å². The normalized spacial score (nSPS) is 10.7. The van der Waals surface area contributed by atoms with E-state index in [-0.39, 0.29) is 23.4 Å². The van der Waals surface area contributed by atoms with Gasteiger partial charge in [0.15, 0.2) is 16.4 Å². The van der Waals surface area contributed by atoms with Crippen molar-refractivity contribution in [2.24, 2.45) is 5.84 Å². The van der Waals surface area contributed by atoms with Gasteiger partial charge in [0.2, 0.25) is 5.95 Å². The summed E-state index contributed by atoms with van der Waals surface area (Å²) >= 11 is 0. The second-order valence-electron chi connectivity index (χ2n) is 5.24. The first-order valence-electron chi connectivity index (χ1n) is 6.72. The van der Waals surface area contributed by atoms with E-state index in [9.17, 15) is 4.91 Å². The summed E-state index contributed by atoms with van der Waals surface area (Å²) in [5.74, 6) is 6.41. The fourth-order valence-electron chi connectivity index (χ4n) is 2.07. The molecule has 116 valence electrons. The quantitative estimate of drug-likeness (QED) is 0.447. The highest BCUT2D eigenvalue weighted by atomic mass is 16.5. The number of nitrogens with two attached hydrogens (primary N) is 3. The van der Waals surface area contributed by atoms with Crippen LogP contribution in [-0.4, -0.2) is 14.8 Å². The van der Waals surface area contributed by atoms with Crippen molar-refractivity contribution in [3.63, 3.8) is 0 Å². The number of ether oxygens (including phenoxy) is 1. The molecule has 0 radical (unpaired) electrons. The summed E-state index contributed by atoms with van der Waals surface area (Å²) in [6.45, 7) is 5.84. The fourth-order valence-corrected chi connectivity index (χ4v) is 2.07. The van der Waals surface area contributed by atoms with Crippen molar-refractivity contribution >= 4 is 17.5 Å². The van der Waals surface area contributed by atoms with Gasteiger partial charge in [0.1, 0.15) is 5.75 Å². The number of anilines is 2. The molecule has 1 aromatic carbocycles. The topological polar surface area (TPSA) is 133 Å². The SMILES string of the molecule is Cc1cc(C(C)C)c(Oc2cnc(N)nc2N)cc1[N+](N)=O. The number of aromatic nitrogens is 2. The van der Waals surface area contributed by atoms with E-state index in [2.05, 4.69) is 9.97 Å². The molecule has 2 rings (SSSR count). The molecule has 22 heavy (non-hydrogen) atoms. The average molecular weight is 303 g/mol. The van der Waals surface area contributed by atoms with Crippen LogP contribution in [0.2, 0.25) is 0 Å². The molecule has 0 aliphatic rings. The molecule has 0 fully saturated rings. The van der Waals surface area contributed by atoms with Crippen molar-refractivity contribution < 1.29 is 9.61 Å². The number of hydrazine groups is 1. The van der Waals surface area contributed by atoms with Gasteiger partial charge in [-0.25, -0.2) is 4.98 Å². The maximum absolute atomic E-state index is 11.4. The van der Waals surface area contributed by atoms with E-state index in [4.69, 9.17) is 22.0 Å². The van der Waals surface area contributed by atoms with Gasteiger partial charge in [-0.3, -0.25) is 0 Å². The average Bonchev–Trinajstić information content (AvgIpc) is 2.42. The lowest BCUT2D eigenvalue weighted by atomic mass is 9.99. The number of hydrogen-bond acceptors (Lipinski definition) is 6. The number of nitrogens with zero attached hydrogens (tertiary/aromatic N) is 3. The van der Waals surface area contributed by atoms with Crippen molar-refractivity contribution in [1.29, 1.82) is 0 Å². The molecule has 0 saturated carbocycles. The summed E-state index contributed by atoms with van der Waals surface area (Å²) in [5.41, 5.74) is 13.2. The zero-order valence-electron chi connectivity index (χ0n) is 12.7. The maximum Gasteiger partial charge on any atom is 0.298 e. The zero-order chi connectivity index (χ0) is 16.4. The van der Waals surface area contributed by atoms with Crippen LogP contribution in [0.5, 0.6) is 11.5 Å². The minimum absolute atomic E-state index is 0.0613. The Hall–Kier alpha value is -2.90. The van der Waals surface area contributed by atoms with Gasteiger partial charge < -0.3 is 16.2 Å². The fraction of sp³-hybridized carbons (Fsp3) is 0.286. The van der Waals surface area contributed by atoms with Crippen LogP contribution in [0.15, 0.2) is 18.3 Å². The second-order valence-corrected chi connectivity index (χ2v) is 5.24. The first kappa shape index (κ1) is 15.5. The van der Waals surface area contributed by atoms with Gasteiger partial charge >= 0.3 is 0 Å². The molecule has 2 aromatic rings. The Morgan fingerprint density at radius 3 is 2.45 bits per heavy atom. The molecule has 1 heterocycles. The van der Waals surface area contributed by atoms with Crippen LogP contribution in [0.4, 0.5) is 17.5 Å². The number of aryl methyl sites for hydroxylation is 1. The molecule has 1 aromatic heterocycles. The number of rotatable bonds is 4. The van der Waals surface area contributed by atoms with E-state index in [0.717, 1.165) is 11.1 Å². The Morgan fingerprint density at radius 2 is 1.91 bits per heavy atom. The molecule has 6 N–H and O–H groups in total. The van der Waals surface area contributed by atoms with Crippen molar-refractivity contribution in [2.45, 2.75) is 26.7 Å². The predicted molar refractivity (Wildman–Crippen MR) is 83.7 cm³/mol. The summed E-state index contributed by atoms with van der Waals surface area (Å²) in [6.07, 6.45) is 1.39. The van der Waals surface area contributed by atoms with Crippen molar-refractivity contribution in [2.75, 3.05) is 11.5 Å². The largest absolute Gasteiger partial charge is 0.451 e. The molecule has 0 aliphatic heterocycles. The lowest BCUT2D eigenvalue weighted by Crippen LogP contribution is -2.11. The highest BCUT2D eigenvalue weighted by Gasteiger charge is 2.21. The standard InChI is InChI=1S/C14H19N6O2/c1-7(2)9-4-8(3)10(20(17)21)5-11(9)22-12-6-18-14(16)19-13(12)15/h4-7H,1-3H3,(H2,17,21)(H4,15,16,18,19)/q+1. The van der Waals surface area contributed by atoms with E-state index < -0.39 is 0 Å². The van der Waals surface area contributed by atoms with Crippen LogP contribution in [0, 0.1) is 11.8 Å². The van der Waals surface area contributed by atoms with Gasteiger partial charge in [0.05, 0.1) is 17.2 Å². The number of hydrogen-bond donors (Lipinski definition) is 3. The van der Waals surface area contributed by atoms with E-state index in [0.29, 0.717) is 16.3 Å². The van der Waals surface area contributed by atoms with Crippen molar-refractivity contribution in [3.8, 4) is 11.5 Å². The number of benzene rings is 1. The van der Waals surface area contributed by atoms with E-state index in [1.807, 2.05) is 26.8 Å². The molecule has 0 bridgehead atoms. The molecule has 8 heteroatoms. The van der Waals surface area contributed by atoms with Gasteiger partial charge in [-0.1, -0.05) is 13.8 Å². The monoisotopic (exact) mass is 303 g/mol. The van der Waals surface area contributed by atoms with E-state index in [1.165, 1.54) is 6.20 Å². The van der Waals surface area contributed by atoms with Crippen LogP contribution >= 0.6 is 0 Å². The first-order valence-corrected chi connectivity index (χ1v) is 6.72. The first-order chi connectivity index (χ1) is 10.3. The molecular weight excluding hydrogens is 284 g/mol. The van der Waals surface area contributed by atoms with Crippen LogP contribution in [0.1, 0.15) is 30.9 Å². The van der Waals surface area contributed by atoms with Crippen LogP contribution < -0.4 is 22.0 Å². The molecule has 0 saturated heterocycles. The highest BCUT2D eigenvalue weighted by molar-refractivity contribution is 5.55. The third-order valence-corrected chi connectivity index (χ3v) is 3.21. The third kappa shape index (κ3) is 3.05. The lowest BCUT2D eigenvalue weighted by molar-refractivity contribution is -0.475. The van der Waals surface area contributed by atoms with Crippen LogP contribution in [-0.2, 0) is 0 Å². The van der Waals surface area contributed by atoms with Gasteiger partial charge in [0.25, 0.3) is 5.69 Å². The summed E-state index contributed by atoms with van der Waals surface area (Å²) in [5, 5.41) is 0. The lowest BCUT2D eigenvalue weighted by Gasteiger charge is -2.15. The molecule has 0 spiro atoms. The zero-order valence-corrected chi connectivity index (χ0v) is 12.7. The maximum atomic E-state index is 11.4. The van der Waals surface area contributed by atoms with Crippen LogP contribution in [0.25, 0.3) is 0 Å². The molecule has 0 atom stereocenters. The summed E-state index contributed by atoms with van der Waals surface area (Å²) in [7, 11) is 0. The minimum Gasteiger partial charge on any atom is -0.451 e.